The fraction of sp³-hybridized carbons (Fsp3) is 0.462. The van der Waals surface area contributed by atoms with Gasteiger partial charge in [0.15, 0.2) is 0 Å². The molecule has 2 rings (SSSR count). The maximum atomic E-state index is 12.9. The normalized spacial score (nSPS) is 16.2. The third-order valence-electron chi connectivity index (χ3n) is 3.43. The molecule has 0 saturated heterocycles. The Hall–Kier alpha value is -1.76. The fourth-order valence-electron chi connectivity index (χ4n) is 2.38. The molecule has 0 aromatic heterocycles. The molecule has 0 spiro atoms. The molecule has 1 amide bonds. The minimum absolute atomic E-state index is 0.0109. The number of halogens is 3. The molecular weight excluding hydrogens is 271 g/mol. The van der Waals surface area contributed by atoms with Crippen LogP contribution in [0.1, 0.15) is 41.6 Å². The summed E-state index contributed by atoms with van der Waals surface area (Å²) in [5.41, 5.74) is 0.779. The Morgan fingerprint density at radius 2 is 1.90 bits per heavy atom. The van der Waals surface area contributed by atoms with E-state index in [9.17, 15) is 18.0 Å². The zero-order valence-electron chi connectivity index (χ0n) is 10.8. The van der Waals surface area contributed by atoms with E-state index in [0.717, 1.165) is 37.8 Å². The Labute approximate surface area is 114 Å². The van der Waals surface area contributed by atoms with Crippen LogP contribution >= 0.6 is 0 Å². The number of anilines is 1. The van der Waals surface area contributed by atoms with E-state index in [0.29, 0.717) is 0 Å². The molecular formula is C13H16F3N3O. The number of alkyl halides is 3. The minimum Gasteiger partial charge on any atom is -0.349 e. The van der Waals surface area contributed by atoms with Crippen molar-refractivity contribution in [2.24, 2.45) is 5.84 Å². The molecule has 7 heteroatoms. The van der Waals surface area contributed by atoms with Gasteiger partial charge in [0.1, 0.15) is 0 Å². The van der Waals surface area contributed by atoms with Gasteiger partial charge in [-0.2, -0.15) is 13.2 Å². The van der Waals surface area contributed by atoms with Gasteiger partial charge in [-0.3, -0.25) is 10.6 Å². The first kappa shape index (κ1) is 14.6. The molecule has 0 unspecified atom stereocenters. The summed E-state index contributed by atoms with van der Waals surface area (Å²) in [6, 6.07) is 3.37. The van der Waals surface area contributed by atoms with E-state index in [1.54, 1.807) is 0 Å². The average molecular weight is 287 g/mol. The summed E-state index contributed by atoms with van der Waals surface area (Å²) in [7, 11) is 0. The SMILES string of the molecule is NNc1ccc(C(=O)NC2CCCC2)cc1C(F)(F)F. The second-order valence-electron chi connectivity index (χ2n) is 4.86. The summed E-state index contributed by atoms with van der Waals surface area (Å²) in [5, 5.41) is 2.75. The Bertz CT molecular complexity index is 496. The topological polar surface area (TPSA) is 67.1 Å². The zero-order valence-corrected chi connectivity index (χ0v) is 10.8. The van der Waals surface area contributed by atoms with Crippen LogP contribution in [0.4, 0.5) is 18.9 Å². The highest BCUT2D eigenvalue weighted by Crippen LogP contribution is 2.35. The molecule has 1 aliphatic carbocycles. The largest absolute Gasteiger partial charge is 0.418 e. The van der Waals surface area contributed by atoms with Crippen molar-refractivity contribution in [3.63, 3.8) is 0 Å². The summed E-state index contributed by atoms with van der Waals surface area (Å²) >= 11 is 0. The number of rotatable bonds is 3. The quantitative estimate of drug-likeness (QED) is 0.591. The summed E-state index contributed by atoms with van der Waals surface area (Å²) < 4.78 is 38.6. The number of benzene rings is 1. The first-order chi connectivity index (χ1) is 9.41. The van der Waals surface area contributed by atoms with Crippen LogP contribution in [0.2, 0.25) is 0 Å². The second kappa shape index (κ2) is 5.70. The molecule has 1 saturated carbocycles. The third kappa shape index (κ3) is 3.22. The fourth-order valence-corrected chi connectivity index (χ4v) is 2.38. The smallest absolute Gasteiger partial charge is 0.349 e. The Morgan fingerprint density at radius 1 is 1.25 bits per heavy atom. The summed E-state index contributed by atoms with van der Waals surface area (Å²) in [4.78, 5) is 11.9. The van der Waals surface area contributed by atoms with Crippen LogP contribution in [0.3, 0.4) is 0 Å². The van der Waals surface area contributed by atoms with Crippen LogP contribution in [0.5, 0.6) is 0 Å². The number of hydrogen-bond acceptors (Lipinski definition) is 3. The molecule has 4 nitrogen and oxygen atoms in total. The number of amides is 1. The first-order valence-corrected chi connectivity index (χ1v) is 6.40. The van der Waals surface area contributed by atoms with Gasteiger partial charge in [-0.25, -0.2) is 0 Å². The summed E-state index contributed by atoms with van der Waals surface area (Å²) in [5.74, 6) is 4.57. The lowest BCUT2D eigenvalue weighted by Gasteiger charge is -2.15. The number of nitrogens with two attached hydrogens (primary N) is 1. The number of hydrogen-bond donors (Lipinski definition) is 3. The van der Waals surface area contributed by atoms with E-state index in [2.05, 4.69) is 5.32 Å². The van der Waals surface area contributed by atoms with Gasteiger partial charge in [0.2, 0.25) is 0 Å². The number of carbonyl (C=O) groups excluding carboxylic acids is 1. The van der Waals surface area contributed by atoms with Gasteiger partial charge in [0.05, 0.1) is 11.3 Å². The van der Waals surface area contributed by atoms with E-state index < -0.39 is 17.6 Å². The van der Waals surface area contributed by atoms with E-state index in [1.165, 1.54) is 6.07 Å². The van der Waals surface area contributed by atoms with Gasteiger partial charge in [-0.05, 0) is 31.0 Å². The van der Waals surface area contributed by atoms with Gasteiger partial charge in [0, 0.05) is 11.6 Å². The van der Waals surface area contributed by atoms with Crippen molar-refractivity contribution in [2.75, 3.05) is 5.43 Å². The van der Waals surface area contributed by atoms with Crippen molar-refractivity contribution in [3.05, 3.63) is 29.3 Å². The predicted octanol–water partition coefficient (Wildman–Crippen LogP) is 2.66. The molecule has 0 atom stereocenters. The van der Waals surface area contributed by atoms with Crippen molar-refractivity contribution >= 4 is 11.6 Å². The lowest BCUT2D eigenvalue weighted by Crippen LogP contribution is -2.32. The molecule has 0 radical (unpaired) electrons. The first-order valence-electron chi connectivity index (χ1n) is 6.40. The molecule has 20 heavy (non-hydrogen) atoms. The zero-order chi connectivity index (χ0) is 14.8. The van der Waals surface area contributed by atoms with Gasteiger partial charge in [0.25, 0.3) is 5.91 Å². The minimum atomic E-state index is -4.56. The van der Waals surface area contributed by atoms with Gasteiger partial charge < -0.3 is 10.7 Å². The van der Waals surface area contributed by atoms with Gasteiger partial charge in [-0.1, -0.05) is 12.8 Å². The summed E-state index contributed by atoms with van der Waals surface area (Å²) in [6.07, 6.45) is -0.741. The number of hydrazine groups is 1. The molecule has 0 aliphatic heterocycles. The summed E-state index contributed by atoms with van der Waals surface area (Å²) in [6.45, 7) is 0. The molecule has 1 aliphatic rings. The Kier molecular flexibility index (Phi) is 4.17. The van der Waals surface area contributed by atoms with Crippen molar-refractivity contribution in [2.45, 2.75) is 37.9 Å². The van der Waals surface area contributed by atoms with Crippen molar-refractivity contribution in [1.82, 2.24) is 5.32 Å². The van der Waals surface area contributed by atoms with Gasteiger partial charge >= 0.3 is 6.18 Å². The highest BCUT2D eigenvalue weighted by atomic mass is 19.4. The van der Waals surface area contributed by atoms with Crippen LogP contribution in [-0.2, 0) is 6.18 Å². The molecule has 0 heterocycles. The van der Waals surface area contributed by atoms with Crippen molar-refractivity contribution in [1.29, 1.82) is 0 Å². The van der Waals surface area contributed by atoms with E-state index in [4.69, 9.17) is 5.84 Å². The predicted molar refractivity (Wildman–Crippen MR) is 69.0 cm³/mol. The van der Waals surface area contributed by atoms with E-state index >= 15 is 0 Å². The lowest BCUT2D eigenvalue weighted by molar-refractivity contribution is -0.137. The lowest BCUT2D eigenvalue weighted by atomic mass is 10.1. The van der Waals surface area contributed by atoms with Crippen LogP contribution in [-0.4, -0.2) is 11.9 Å². The monoisotopic (exact) mass is 287 g/mol. The molecule has 1 fully saturated rings. The number of carbonyl (C=O) groups is 1. The number of nitrogens with one attached hydrogen (secondary N) is 2. The standard InChI is InChI=1S/C13H16F3N3O/c14-13(15,16)10-7-8(5-6-11(10)19-17)12(20)18-9-3-1-2-4-9/h5-7,9,19H,1-4,17H2,(H,18,20). The third-order valence-corrected chi connectivity index (χ3v) is 3.43. The van der Waals surface area contributed by atoms with Crippen LogP contribution in [0, 0.1) is 0 Å². The highest BCUT2D eigenvalue weighted by molar-refractivity contribution is 5.95. The molecule has 1 aromatic carbocycles. The molecule has 110 valence electrons. The van der Waals surface area contributed by atoms with E-state index in [-0.39, 0.29) is 17.3 Å². The average Bonchev–Trinajstić information content (AvgIpc) is 2.89. The van der Waals surface area contributed by atoms with Gasteiger partial charge in [-0.15, -0.1) is 0 Å². The maximum Gasteiger partial charge on any atom is 0.418 e. The highest BCUT2D eigenvalue weighted by Gasteiger charge is 2.34. The Balaban J connectivity index is 2.21. The maximum absolute atomic E-state index is 12.9. The molecule has 4 N–H and O–H groups in total. The van der Waals surface area contributed by atoms with Crippen LogP contribution in [0.15, 0.2) is 18.2 Å². The van der Waals surface area contributed by atoms with Crippen LogP contribution < -0.4 is 16.6 Å². The van der Waals surface area contributed by atoms with Crippen molar-refractivity contribution in [3.8, 4) is 0 Å². The number of nitrogen functional groups attached to an aromatic ring is 1. The Morgan fingerprint density at radius 3 is 2.45 bits per heavy atom. The van der Waals surface area contributed by atoms with E-state index in [1.807, 2.05) is 5.43 Å². The molecule has 0 bridgehead atoms. The second-order valence-corrected chi connectivity index (χ2v) is 4.86. The molecule has 1 aromatic rings. The van der Waals surface area contributed by atoms with Crippen molar-refractivity contribution < 1.29 is 18.0 Å². The van der Waals surface area contributed by atoms with Crippen LogP contribution in [0.25, 0.3) is 0 Å².